The van der Waals surface area contributed by atoms with Crippen LogP contribution in [0.15, 0.2) is 23.4 Å². The van der Waals surface area contributed by atoms with Crippen molar-refractivity contribution in [1.29, 1.82) is 0 Å². The first kappa shape index (κ1) is 12.3. The molecule has 5 nitrogen and oxygen atoms in total. The first-order valence-electron chi connectivity index (χ1n) is 4.24. The summed E-state index contributed by atoms with van der Waals surface area (Å²) in [6.45, 7) is 0. The Balaban J connectivity index is 2.66. The number of hydrogen-bond acceptors (Lipinski definition) is 3. The minimum absolute atomic E-state index is 0.0957. The van der Waals surface area contributed by atoms with Crippen LogP contribution in [0, 0.1) is 5.82 Å². The fourth-order valence-electron chi connectivity index (χ4n) is 0.979. The molecule has 4 N–H and O–H groups in total. The van der Waals surface area contributed by atoms with Crippen LogP contribution in [-0.2, 0) is 4.79 Å². The van der Waals surface area contributed by atoms with Crippen LogP contribution in [-0.4, -0.2) is 17.0 Å². The lowest BCUT2D eigenvalue weighted by Crippen LogP contribution is -2.21. The molecule has 0 saturated heterocycles. The predicted octanol–water partition coefficient (Wildman–Crippen LogP) is 1.55. The van der Waals surface area contributed by atoms with E-state index in [-0.39, 0.29) is 17.3 Å². The summed E-state index contributed by atoms with van der Waals surface area (Å²) >= 11 is 5.52. The van der Waals surface area contributed by atoms with Crippen LogP contribution < -0.4 is 11.1 Å². The Labute approximate surface area is 95.7 Å². The van der Waals surface area contributed by atoms with E-state index in [0.29, 0.717) is 5.69 Å². The summed E-state index contributed by atoms with van der Waals surface area (Å²) < 4.78 is 12.8. The van der Waals surface area contributed by atoms with Crippen LogP contribution in [0.2, 0.25) is 5.02 Å². The number of nitrogens with one attached hydrogen (secondary N) is 1. The summed E-state index contributed by atoms with van der Waals surface area (Å²) in [6.07, 6.45) is -0.258. The minimum atomic E-state index is -0.573. The van der Waals surface area contributed by atoms with Gasteiger partial charge in [-0.1, -0.05) is 16.8 Å². The first-order chi connectivity index (χ1) is 7.52. The number of amidine groups is 1. The molecule has 0 aliphatic rings. The average Bonchev–Trinajstić information content (AvgIpc) is 2.23. The van der Waals surface area contributed by atoms with E-state index in [2.05, 4.69) is 10.5 Å². The van der Waals surface area contributed by atoms with Gasteiger partial charge in [0.25, 0.3) is 0 Å². The zero-order valence-electron chi connectivity index (χ0n) is 8.08. The average molecular weight is 246 g/mol. The van der Waals surface area contributed by atoms with Crippen LogP contribution in [0.5, 0.6) is 0 Å². The second kappa shape index (κ2) is 5.32. The number of hydrogen-bond donors (Lipinski definition) is 3. The van der Waals surface area contributed by atoms with E-state index in [1.807, 2.05) is 0 Å². The molecule has 0 radical (unpaired) electrons. The maximum atomic E-state index is 12.8. The van der Waals surface area contributed by atoms with Crippen LogP contribution in [0.4, 0.5) is 10.1 Å². The van der Waals surface area contributed by atoms with Crippen molar-refractivity contribution in [3.8, 4) is 0 Å². The molecule has 0 heterocycles. The number of benzene rings is 1. The van der Waals surface area contributed by atoms with Crippen molar-refractivity contribution in [2.24, 2.45) is 10.9 Å². The van der Waals surface area contributed by atoms with Crippen LogP contribution in [0.25, 0.3) is 0 Å². The van der Waals surface area contributed by atoms with Gasteiger partial charge in [0.1, 0.15) is 11.7 Å². The minimum Gasteiger partial charge on any atom is -0.409 e. The lowest BCUT2D eigenvalue weighted by molar-refractivity contribution is -0.115. The molecule has 0 saturated carbocycles. The number of halogens is 2. The molecule has 1 aromatic rings. The molecular formula is C9H9ClFN3O2. The van der Waals surface area contributed by atoms with Gasteiger partial charge in [0.05, 0.1) is 11.4 Å². The summed E-state index contributed by atoms with van der Waals surface area (Å²) in [4.78, 5) is 11.3. The number of amides is 1. The molecule has 0 unspecified atom stereocenters. The zero-order chi connectivity index (χ0) is 12.1. The van der Waals surface area contributed by atoms with Gasteiger partial charge in [-0.15, -0.1) is 0 Å². The second-order valence-electron chi connectivity index (χ2n) is 2.95. The predicted molar refractivity (Wildman–Crippen MR) is 58.1 cm³/mol. The molecule has 0 fully saturated rings. The van der Waals surface area contributed by atoms with E-state index in [4.69, 9.17) is 22.5 Å². The molecule has 16 heavy (non-hydrogen) atoms. The van der Waals surface area contributed by atoms with Gasteiger partial charge in [-0.2, -0.15) is 0 Å². The van der Waals surface area contributed by atoms with Crippen LogP contribution in [0.3, 0.4) is 0 Å². The van der Waals surface area contributed by atoms with E-state index in [9.17, 15) is 9.18 Å². The Morgan fingerprint density at radius 1 is 1.62 bits per heavy atom. The van der Waals surface area contributed by atoms with Crippen LogP contribution >= 0.6 is 11.6 Å². The van der Waals surface area contributed by atoms with Crippen LogP contribution in [0.1, 0.15) is 6.42 Å². The van der Waals surface area contributed by atoms with Crippen molar-refractivity contribution in [3.05, 3.63) is 29.0 Å². The summed E-state index contributed by atoms with van der Waals surface area (Å²) in [5.74, 6) is -1.28. The molecule has 0 aliphatic heterocycles. The second-order valence-corrected chi connectivity index (χ2v) is 3.35. The molecule has 0 aliphatic carbocycles. The Morgan fingerprint density at radius 2 is 2.31 bits per heavy atom. The lowest BCUT2D eigenvalue weighted by atomic mass is 10.3. The number of carbonyl (C=O) groups is 1. The topological polar surface area (TPSA) is 87.7 Å². The Kier molecular flexibility index (Phi) is 4.07. The number of anilines is 1. The fourth-order valence-corrected chi connectivity index (χ4v) is 1.16. The third kappa shape index (κ3) is 3.39. The molecule has 1 amide bonds. The molecule has 0 atom stereocenters. The molecule has 0 spiro atoms. The van der Waals surface area contributed by atoms with Gasteiger partial charge in [0, 0.05) is 5.69 Å². The first-order valence-corrected chi connectivity index (χ1v) is 4.62. The highest BCUT2D eigenvalue weighted by atomic mass is 35.5. The van der Waals surface area contributed by atoms with E-state index in [0.717, 1.165) is 6.07 Å². The number of carbonyl (C=O) groups excluding carboxylic acids is 1. The molecule has 1 aromatic carbocycles. The fraction of sp³-hybridized carbons (Fsp3) is 0.111. The van der Waals surface area contributed by atoms with E-state index in [1.54, 1.807) is 0 Å². The smallest absolute Gasteiger partial charge is 0.232 e. The Hall–Kier alpha value is -1.82. The van der Waals surface area contributed by atoms with Crippen molar-refractivity contribution in [1.82, 2.24) is 0 Å². The van der Waals surface area contributed by atoms with Crippen molar-refractivity contribution in [2.75, 3.05) is 5.32 Å². The highest BCUT2D eigenvalue weighted by Crippen LogP contribution is 2.19. The third-order valence-corrected chi connectivity index (χ3v) is 1.96. The third-order valence-electron chi connectivity index (χ3n) is 1.67. The molecular weight excluding hydrogens is 237 g/mol. The quantitative estimate of drug-likeness (QED) is 0.327. The van der Waals surface area contributed by atoms with E-state index in [1.165, 1.54) is 12.1 Å². The summed E-state index contributed by atoms with van der Waals surface area (Å²) in [5.41, 5.74) is 5.47. The van der Waals surface area contributed by atoms with Gasteiger partial charge in [0.15, 0.2) is 0 Å². The maximum absolute atomic E-state index is 12.8. The molecule has 0 aromatic heterocycles. The molecule has 7 heteroatoms. The van der Waals surface area contributed by atoms with Gasteiger partial charge < -0.3 is 16.3 Å². The normalized spacial score (nSPS) is 11.2. The highest BCUT2D eigenvalue weighted by Gasteiger charge is 2.07. The van der Waals surface area contributed by atoms with Crippen molar-refractivity contribution < 1.29 is 14.4 Å². The summed E-state index contributed by atoms with van der Waals surface area (Å²) in [7, 11) is 0. The zero-order valence-corrected chi connectivity index (χ0v) is 8.83. The van der Waals surface area contributed by atoms with Crippen molar-refractivity contribution >= 4 is 29.0 Å². The van der Waals surface area contributed by atoms with Gasteiger partial charge in [-0.05, 0) is 18.2 Å². The highest BCUT2D eigenvalue weighted by molar-refractivity contribution is 6.31. The number of rotatable bonds is 3. The standard InChI is InChI=1S/C9H9ClFN3O2/c10-6-3-5(1-2-7(6)11)13-9(15)4-8(12)14-16/h1-3,16H,4H2,(H2,12,14)(H,13,15). The Morgan fingerprint density at radius 3 is 2.88 bits per heavy atom. The summed E-state index contributed by atoms with van der Waals surface area (Å²) in [6, 6.07) is 3.74. The van der Waals surface area contributed by atoms with Gasteiger partial charge >= 0.3 is 0 Å². The molecule has 86 valence electrons. The lowest BCUT2D eigenvalue weighted by Gasteiger charge is -2.05. The number of nitrogens with zero attached hydrogens (tertiary/aromatic N) is 1. The SMILES string of the molecule is NC(CC(=O)Nc1ccc(F)c(Cl)c1)=NO. The number of oxime groups is 1. The van der Waals surface area contributed by atoms with E-state index < -0.39 is 11.7 Å². The summed E-state index contributed by atoms with van der Waals surface area (Å²) in [5, 5.41) is 13.2. The van der Waals surface area contributed by atoms with E-state index >= 15 is 0 Å². The molecule has 1 rings (SSSR count). The van der Waals surface area contributed by atoms with Crippen molar-refractivity contribution in [3.63, 3.8) is 0 Å². The maximum Gasteiger partial charge on any atom is 0.232 e. The largest absolute Gasteiger partial charge is 0.409 e. The van der Waals surface area contributed by atoms with Gasteiger partial charge in [-0.3, -0.25) is 4.79 Å². The van der Waals surface area contributed by atoms with Gasteiger partial charge in [-0.25, -0.2) is 4.39 Å². The molecule has 0 bridgehead atoms. The Bertz CT molecular complexity index is 437. The monoisotopic (exact) mass is 245 g/mol. The van der Waals surface area contributed by atoms with Crippen molar-refractivity contribution in [2.45, 2.75) is 6.42 Å². The number of nitrogens with two attached hydrogens (primary N) is 1. The van der Waals surface area contributed by atoms with Gasteiger partial charge in [0.2, 0.25) is 5.91 Å².